The Morgan fingerprint density at radius 2 is 2.14 bits per heavy atom. The summed E-state index contributed by atoms with van der Waals surface area (Å²) in [6.45, 7) is 6.20. The third-order valence-corrected chi connectivity index (χ3v) is 4.23. The minimum atomic E-state index is -0.500. The van der Waals surface area contributed by atoms with Gasteiger partial charge in [-0.3, -0.25) is 4.90 Å². The van der Waals surface area contributed by atoms with Gasteiger partial charge >= 0.3 is 6.09 Å². The quantitative estimate of drug-likeness (QED) is 0.746. The highest BCUT2D eigenvalue weighted by Gasteiger charge is 2.44. The largest absolute Gasteiger partial charge is 0.449 e. The highest BCUT2D eigenvalue weighted by molar-refractivity contribution is 5.70. The summed E-state index contributed by atoms with van der Waals surface area (Å²) in [5, 5.41) is 0. The molecule has 1 aromatic carbocycles. The van der Waals surface area contributed by atoms with E-state index >= 15 is 0 Å². The Hall–Kier alpha value is -1.65. The number of amides is 1. The van der Waals surface area contributed by atoms with Crippen molar-refractivity contribution in [2.75, 3.05) is 6.61 Å². The van der Waals surface area contributed by atoms with Gasteiger partial charge in [-0.15, -0.1) is 0 Å². The van der Waals surface area contributed by atoms with Gasteiger partial charge in [-0.25, -0.2) is 13.6 Å². The van der Waals surface area contributed by atoms with Crippen molar-refractivity contribution in [2.24, 2.45) is 0 Å². The molecule has 1 fully saturated rings. The lowest BCUT2D eigenvalue weighted by atomic mass is 10.0. The number of unbranched alkanes of at least 4 members (excludes halogenated alkanes) is 1. The van der Waals surface area contributed by atoms with Crippen LogP contribution in [0.2, 0.25) is 0 Å². The standard InChI is InChI=1S/C17H23F2NO2/c1-4-5-10-22-16(21)20-15(8-9-17(20,2)3)13-11-12(18)6-7-14(13)19/h6-7,11,15H,4-5,8-10H2,1-3H3. The van der Waals surface area contributed by atoms with Crippen molar-refractivity contribution in [1.82, 2.24) is 4.90 Å². The molecule has 1 heterocycles. The molecule has 2 rings (SSSR count). The van der Waals surface area contributed by atoms with Crippen LogP contribution >= 0.6 is 0 Å². The number of benzene rings is 1. The van der Waals surface area contributed by atoms with E-state index in [1.807, 2.05) is 20.8 Å². The molecular formula is C17H23F2NO2. The lowest BCUT2D eigenvalue weighted by Gasteiger charge is -2.35. The number of halogens is 2. The van der Waals surface area contributed by atoms with Gasteiger partial charge in [0.25, 0.3) is 0 Å². The molecule has 22 heavy (non-hydrogen) atoms. The molecule has 122 valence electrons. The molecule has 1 atom stereocenters. The minimum Gasteiger partial charge on any atom is -0.449 e. The van der Waals surface area contributed by atoms with Crippen LogP contribution in [0.25, 0.3) is 0 Å². The van der Waals surface area contributed by atoms with E-state index in [0.29, 0.717) is 13.0 Å². The van der Waals surface area contributed by atoms with E-state index < -0.39 is 29.3 Å². The zero-order valence-corrected chi connectivity index (χ0v) is 13.4. The fraction of sp³-hybridized carbons (Fsp3) is 0.588. The zero-order valence-electron chi connectivity index (χ0n) is 13.4. The van der Waals surface area contributed by atoms with Crippen LogP contribution in [0, 0.1) is 11.6 Å². The summed E-state index contributed by atoms with van der Waals surface area (Å²) in [6, 6.07) is 2.88. The second-order valence-electron chi connectivity index (χ2n) is 6.37. The van der Waals surface area contributed by atoms with Gasteiger partial charge in [0.15, 0.2) is 0 Å². The molecular weight excluding hydrogens is 288 g/mol. The Labute approximate surface area is 130 Å². The summed E-state index contributed by atoms with van der Waals surface area (Å²) < 4.78 is 32.8. The molecule has 1 aliphatic heterocycles. The lowest BCUT2D eigenvalue weighted by molar-refractivity contribution is 0.0622. The second-order valence-corrected chi connectivity index (χ2v) is 6.37. The van der Waals surface area contributed by atoms with Crippen molar-refractivity contribution in [3.8, 4) is 0 Å². The summed E-state index contributed by atoms with van der Waals surface area (Å²) in [7, 11) is 0. The average Bonchev–Trinajstić information content (AvgIpc) is 2.77. The zero-order chi connectivity index (χ0) is 16.3. The Bertz CT molecular complexity index is 545. The molecule has 0 aromatic heterocycles. The van der Waals surface area contributed by atoms with Crippen LogP contribution in [0.1, 0.15) is 58.1 Å². The van der Waals surface area contributed by atoms with Crippen LogP contribution in [0.3, 0.4) is 0 Å². The number of ether oxygens (including phenoxy) is 1. The maximum atomic E-state index is 14.1. The first-order valence-corrected chi connectivity index (χ1v) is 7.78. The first-order chi connectivity index (χ1) is 10.4. The van der Waals surface area contributed by atoms with E-state index in [0.717, 1.165) is 31.4 Å². The summed E-state index contributed by atoms with van der Waals surface area (Å²) in [6.07, 6.45) is 2.58. The topological polar surface area (TPSA) is 29.5 Å². The Balaban J connectivity index is 2.26. The molecule has 1 aliphatic rings. The van der Waals surface area contributed by atoms with Gasteiger partial charge in [0.1, 0.15) is 11.6 Å². The predicted molar refractivity (Wildman–Crippen MR) is 80.5 cm³/mol. The van der Waals surface area contributed by atoms with Gasteiger partial charge in [-0.1, -0.05) is 13.3 Å². The molecule has 0 saturated carbocycles. The number of carbonyl (C=O) groups excluding carboxylic acids is 1. The Morgan fingerprint density at radius 1 is 1.41 bits per heavy atom. The van der Waals surface area contributed by atoms with E-state index in [2.05, 4.69) is 0 Å². The lowest BCUT2D eigenvalue weighted by Crippen LogP contribution is -2.44. The van der Waals surface area contributed by atoms with Gasteiger partial charge in [-0.2, -0.15) is 0 Å². The molecule has 1 aromatic rings. The first kappa shape index (κ1) is 16.7. The van der Waals surface area contributed by atoms with Gasteiger partial charge in [0.2, 0.25) is 0 Å². The van der Waals surface area contributed by atoms with Crippen molar-refractivity contribution < 1.29 is 18.3 Å². The highest BCUT2D eigenvalue weighted by Crippen LogP contribution is 2.43. The first-order valence-electron chi connectivity index (χ1n) is 7.78. The van der Waals surface area contributed by atoms with Gasteiger partial charge < -0.3 is 4.74 Å². The molecule has 3 nitrogen and oxygen atoms in total. The van der Waals surface area contributed by atoms with Crippen molar-refractivity contribution in [3.63, 3.8) is 0 Å². The molecule has 0 radical (unpaired) electrons. The number of likely N-dealkylation sites (tertiary alicyclic amines) is 1. The van der Waals surface area contributed by atoms with Crippen LogP contribution in [0.5, 0.6) is 0 Å². The fourth-order valence-electron chi connectivity index (χ4n) is 2.97. The molecule has 1 saturated heterocycles. The number of nitrogens with zero attached hydrogens (tertiary/aromatic N) is 1. The second kappa shape index (κ2) is 6.63. The summed E-state index contributed by atoms with van der Waals surface area (Å²) in [5.74, 6) is -0.990. The molecule has 0 spiro atoms. The molecule has 1 unspecified atom stereocenters. The van der Waals surface area contributed by atoms with Crippen molar-refractivity contribution >= 4 is 6.09 Å². The normalized spacial score (nSPS) is 20.2. The Morgan fingerprint density at radius 3 is 2.82 bits per heavy atom. The maximum Gasteiger partial charge on any atom is 0.410 e. The SMILES string of the molecule is CCCCOC(=O)N1C(c2cc(F)ccc2F)CCC1(C)C. The monoisotopic (exact) mass is 311 g/mol. The van der Waals surface area contributed by atoms with Crippen LogP contribution < -0.4 is 0 Å². The van der Waals surface area contributed by atoms with Crippen LogP contribution in [0.15, 0.2) is 18.2 Å². The van der Waals surface area contributed by atoms with Crippen molar-refractivity contribution in [2.45, 2.75) is 58.0 Å². The maximum absolute atomic E-state index is 14.1. The van der Waals surface area contributed by atoms with Gasteiger partial charge in [0.05, 0.1) is 12.6 Å². The van der Waals surface area contributed by atoms with E-state index in [9.17, 15) is 13.6 Å². The van der Waals surface area contributed by atoms with Crippen molar-refractivity contribution in [1.29, 1.82) is 0 Å². The molecule has 5 heteroatoms. The summed E-state index contributed by atoms with van der Waals surface area (Å²) in [4.78, 5) is 14.0. The van der Waals surface area contributed by atoms with E-state index in [-0.39, 0.29) is 5.56 Å². The van der Waals surface area contributed by atoms with E-state index in [4.69, 9.17) is 4.74 Å². The van der Waals surface area contributed by atoms with Crippen LogP contribution in [-0.2, 0) is 4.74 Å². The third-order valence-electron chi connectivity index (χ3n) is 4.23. The third kappa shape index (κ3) is 3.39. The fourth-order valence-corrected chi connectivity index (χ4v) is 2.97. The predicted octanol–water partition coefficient (Wildman–Crippen LogP) is 4.82. The smallest absolute Gasteiger partial charge is 0.410 e. The molecule has 0 N–H and O–H groups in total. The molecule has 0 bridgehead atoms. The summed E-state index contributed by atoms with van der Waals surface area (Å²) >= 11 is 0. The van der Waals surface area contributed by atoms with Gasteiger partial charge in [-0.05, 0) is 51.3 Å². The minimum absolute atomic E-state index is 0.220. The highest BCUT2D eigenvalue weighted by atomic mass is 19.1. The summed E-state index contributed by atoms with van der Waals surface area (Å²) in [5.41, 5.74) is -0.217. The number of hydrogen-bond acceptors (Lipinski definition) is 2. The van der Waals surface area contributed by atoms with Gasteiger partial charge in [0, 0.05) is 11.1 Å². The van der Waals surface area contributed by atoms with E-state index in [1.54, 1.807) is 4.90 Å². The number of carbonyl (C=O) groups is 1. The van der Waals surface area contributed by atoms with Crippen LogP contribution in [-0.4, -0.2) is 23.1 Å². The molecule has 0 aliphatic carbocycles. The van der Waals surface area contributed by atoms with E-state index in [1.165, 1.54) is 6.07 Å². The van der Waals surface area contributed by atoms with Crippen molar-refractivity contribution in [3.05, 3.63) is 35.4 Å². The average molecular weight is 311 g/mol. The Kier molecular flexibility index (Phi) is 5.04. The van der Waals surface area contributed by atoms with Crippen LogP contribution in [0.4, 0.5) is 13.6 Å². The number of hydrogen-bond donors (Lipinski definition) is 0. The molecule has 1 amide bonds. The number of rotatable bonds is 4.